The van der Waals surface area contributed by atoms with Gasteiger partial charge in [-0.2, -0.15) is 0 Å². The van der Waals surface area contributed by atoms with Crippen molar-refractivity contribution in [2.75, 3.05) is 45.0 Å². The minimum absolute atomic E-state index is 0.0211. The molecule has 0 aromatic heterocycles. The molecule has 318 valence electrons. The highest BCUT2D eigenvalue weighted by molar-refractivity contribution is 6.23. The maximum atomic E-state index is 16.2. The van der Waals surface area contributed by atoms with Crippen LogP contribution in [0.25, 0.3) is 0 Å². The molecule has 4 aliphatic rings. The summed E-state index contributed by atoms with van der Waals surface area (Å²) in [6.45, 7) is 3.36. The van der Waals surface area contributed by atoms with E-state index in [-0.39, 0.29) is 38.7 Å². The zero-order valence-electron chi connectivity index (χ0n) is 34.5. The zero-order valence-corrected chi connectivity index (χ0v) is 34.5. The number of fused-ring (bicyclic) bond motifs is 3. The van der Waals surface area contributed by atoms with Gasteiger partial charge in [-0.25, -0.2) is 9.69 Å². The molecule has 8 rings (SSSR count). The summed E-state index contributed by atoms with van der Waals surface area (Å²) in [7, 11) is 1.47. The van der Waals surface area contributed by atoms with E-state index in [0.29, 0.717) is 28.0 Å². The fraction of sp³-hybridized carbons (Fsp3) is 0.320. The minimum atomic E-state index is -2.02. The number of hydrogen-bond acceptors (Lipinski definition) is 10. The summed E-state index contributed by atoms with van der Waals surface area (Å²) in [5.41, 5.74) is 1.92. The molecular weight excluding hydrogens is 787 g/mol. The Morgan fingerprint density at radius 3 is 2.37 bits per heavy atom. The molecule has 0 bridgehead atoms. The van der Waals surface area contributed by atoms with Crippen molar-refractivity contribution in [1.29, 1.82) is 0 Å². The molecular formula is C50H49N3O9. The van der Waals surface area contributed by atoms with Crippen LogP contribution in [0.3, 0.4) is 0 Å². The van der Waals surface area contributed by atoms with Gasteiger partial charge in [-0.1, -0.05) is 103 Å². The van der Waals surface area contributed by atoms with Gasteiger partial charge in [-0.05, 0) is 72.2 Å². The van der Waals surface area contributed by atoms with Crippen molar-refractivity contribution < 1.29 is 43.2 Å². The lowest BCUT2D eigenvalue weighted by atomic mass is 9.65. The average molecular weight is 836 g/mol. The Morgan fingerprint density at radius 2 is 1.66 bits per heavy atom. The second-order valence-corrected chi connectivity index (χ2v) is 15.6. The molecule has 3 aliphatic heterocycles. The van der Waals surface area contributed by atoms with E-state index in [1.807, 2.05) is 65.6 Å². The van der Waals surface area contributed by atoms with Crippen LogP contribution < -0.4 is 15.0 Å². The third kappa shape index (κ3) is 7.57. The predicted molar refractivity (Wildman–Crippen MR) is 231 cm³/mol. The number of hydrogen-bond donors (Lipinski definition) is 2. The fourth-order valence-electron chi connectivity index (χ4n) is 9.59. The molecule has 4 aromatic rings. The van der Waals surface area contributed by atoms with Crippen LogP contribution in [-0.2, 0) is 34.0 Å². The molecule has 0 radical (unpaired) electrons. The zero-order chi connectivity index (χ0) is 43.2. The summed E-state index contributed by atoms with van der Waals surface area (Å²) in [4.78, 5) is 63.9. The summed E-state index contributed by atoms with van der Waals surface area (Å²) in [6, 6.07) is 27.8. The summed E-state index contributed by atoms with van der Waals surface area (Å²) >= 11 is 0. The number of para-hydroxylation sites is 1. The molecule has 12 nitrogen and oxygen atoms in total. The Kier molecular flexibility index (Phi) is 12.7. The first kappa shape index (κ1) is 42.2. The number of methoxy groups -OCH3 is 1. The second-order valence-electron chi connectivity index (χ2n) is 15.6. The van der Waals surface area contributed by atoms with E-state index in [9.17, 15) is 9.90 Å². The van der Waals surface area contributed by atoms with Gasteiger partial charge in [0.05, 0.1) is 36.9 Å². The number of aliphatic hydroxyl groups excluding tert-OH is 1. The van der Waals surface area contributed by atoms with Crippen LogP contribution in [0.2, 0.25) is 0 Å². The molecule has 3 heterocycles. The standard InChI is InChI=1S/C50H49N3O9/c1-3-27-51-46(55)41-43-47(56)62-44(36-19-11-6-12-20-36)42(35-17-9-5-10-18-35)53(43)45(37-21-13-14-22-40(37)60-29-28-54)50(41)38-32-34(24-23-33-15-7-4-8-16-33)25-26-39(38)52(48(50)57)49(58)61-31-30-59-2/h3,5-6,9-15,17-22,25-26,32,41-45,54H,1,4,7-8,16,27-31H2,2H3,(H,51,55)/t41-,42-,43-,44+,45+,50-/m0/s1. The van der Waals surface area contributed by atoms with Crippen LogP contribution in [0.4, 0.5) is 10.5 Å². The number of morpholine rings is 1. The highest BCUT2D eigenvalue weighted by Gasteiger charge is 2.76. The SMILES string of the molecule is C=CCNC(=O)[C@@H]1[C@H]2C(=O)O[C@H](c3ccccc3)[C@H](c3ccccc3)N2[C@H](c2ccccc2OCCO)[C@@]12C(=O)N(C(=O)OCCOC)c1ccc(C#CC3=CCCCC3)cc12. The average Bonchev–Trinajstić information content (AvgIpc) is 3.76. The number of amides is 3. The number of esters is 1. The van der Waals surface area contributed by atoms with E-state index >= 15 is 14.4 Å². The summed E-state index contributed by atoms with van der Waals surface area (Å²) in [5.74, 6) is 3.31. The van der Waals surface area contributed by atoms with E-state index in [4.69, 9.17) is 18.9 Å². The number of ether oxygens (including phenoxy) is 4. The van der Waals surface area contributed by atoms with Gasteiger partial charge in [-0.3, -0.25) is 19.3 Å². The molecule has 4 aromatic carbocycles. The number of rotatable bonds is 12. The van der Waals surface area contributed by atoms with Gasteiger partial charge in [-0.15, -0.1) is 6.58 Å². The van der Waals surface area contributed by atoms with Gasteiger partial charge in [0.1, 0.15) is 36.5 Å². The molecule has 1 spiro atoms. The van der Waals surface area contributed by atoms with Crippen molar-refractivity contribution in [1.82, 2.24) is 10.2 Å². The van der Waals surface area contributed by atoms with E-state index in [0.717, 1.165) is 41.7 Å². The van der Waals surface area contributed by atoms with Crippen molar-refractivity contribution in [2.24, 2.45) is 5.92 Å². The highest BCUT2D eigenvalue weighted by atomic mass is 16.6. The Hall–Kier alpha value is -6.52. The summed E-state index contributed by atoms with van der Waals surface area (Å²) in [5, 5.41) is 12.9. The van der Waals surface area contributed by atoms with Crippen molar-refractivity contribution in [2.45, 2.75) is 55.3 Å². The number of anilines is 1. The molecule has 0 unspecified atom stereocenters. The number of cyclic esters (lactones) is 1. The predicted octanol–water partition coefficient (Wildman–Crippen LogP) is 6.66. The van der Waals surface area contributed by atoms with Crippen molar-refractivity contribution in [3.05, 3.63) is 155 Å². The van der Waals surface area contributed by atoms with Crippen LogP contribution in [0.15, 0.2) is 127 Å². The third-order valence-corrected chi connectivity index (χ3v) is 12.1. The Balaban J connectivity index is 1.47. The first-order chi connectivity index (χ1) is 30.3. The lowest BCUT2D eigenvalue weighted by molar-refractivity contribution is -0.178. The highest BCUT2D eigenvalue weighted by Crippen LogP contribution is 2.66. The molecule has 2 saturated heterocycles. The van der Waals surface area contributed by atoms with Gasteiger partial charge < -0.3 is 29.4 Å². The lowest BCUT2D eigenvalue weighted by Crippen LogP contribution is -2.55. The first-order valence-corrected chi connectivity index (χ1v) is 21.0. The van der Waals surface area contributed by atoms with Gasteiger partial charge in [0.15, 0.2) is 0 Å². The topological polar surface area (TPSA) is 144 Å². The molecule has 6 atom stereocenters. The number of benzene rings is 4. The summed E-state index contributed by atoms with van der Waals surface area (Å²) in [6.07, 6.45) is 5.69. The first-order valence-electron chi connectivity index (χ1n) is 21.0. The Morgan fingerprint density at radius 1 is 0.919 bits per heavy atom. The smallest absolute Gasteiger partial charge is 0.421 e. The van der Waals surface area contributed by atoms with Crippen molar-refractivity contribution in [3.8, 4) is 17.6 Å². The van der Waals surface area contributed by atoms with E-state index < -0.39 is 59.4 Å². The van der Waals surface area contributed by atoms with Gasteiger partial charge in [0.2, 0.25) is 11.8 Å². The van der Waals surface area contributed by atoms with Crippen LogP contribution in [0.5, 0.6) is 5.75 Å². The molecule has 2 N–H and O–H groups in total. The Bertz CT molecular complexity index is 2430. The van der Waals surface area contributed by atoms with E-state index in [2.05, 4.69) is 29.8 Å². The van der Waals surface area contributed by atoms with Crippen LogP contribution in [0.1, 0.15) is 71.7 Å². The number of nitrogens with zero attached hydrogens (tertiary/aromatic N) is 2. The van der Waals surface area contributed by atoms with Gasteiger partial charge >= 0.3 is 12.1 Å². The maximum Gasteiger partial charge on any atom is 0.421 e. The van der Waals surface area contributed by atoms with E-state index in [1.54, 1.807) is 42.5 Å². The number of carbonyl (C=O) groups is 4. The lowest BCUT2D eigenvalue weighted by Gasteiger charge is -2.46. The van der Waals surface area contributed by atoms with Gasteiger partial charge in [0.25, 0.3) is 0 Å². The molecule has 2 fully saturated rings. The maximum absolute atomic E-state index is 16.2. The number of imide groups is 1. The largest absolute Gasteiger partial charge is 0.491 e. The van der Waals surface area contributed by atoms with Crippen LogP contribution in [0, 0.1) is 17.8 Å². The molecule has 3 amide bonds. The molecule has 62 heavy (non-hydrogen) atoms. The van der Waals surface area contributed by atoms with E-state index in [1.165, 1.54) is 13.2 Å². The fourth-order valence-corrected chi connectivity index (χ4v) is 9.59. The van der Waals surface area contributed by atoms with Crippen LogP contribution >= 0.6 is 0 Å². The van der Waals surface area contributed by atoms with Crippen LogP contribution in [-0.4, -0.2) is 80.0 Å². The molecule has 12 heteroatoms. The number of nitrogens with one attached hydrogen (secondary N) is 1. The van der Waals surface area contributed by atoms with Crippen molar-refractivity contribution in [3.63, 3.8) is 0 Å². The quantitative estimate of drug-likeness (QED) is 0.0689. The molecule has 1 aliphatic carbocycles. The number of carbonyl (C=O) groups excluding carboxylic acids is 4. The van der Waals surface area contributed by atoms with Crippen molar-refractivity contribution >= 4 is 29.6 Å². The number of aliphatic hydroxyl groups is 1. The monoisotopic (exact) mass is 835 g/mol. The normalized spacial score (nSPS) is 23.9. The minimum Gasteiger partial charge on any atom is -0.491 e. The third-order valence-electron chi connectivity index (χ3n) is 12.1. The number of allylic oxidation sites excluding steroid dienone is 2. The second kappa shape index (κ2) is 18.6. The summed E-state index contributed by atoms with van der Waals surface area (Å²) < 4.78 is 23.6. The Labute approximate surface area is 361 Å². The van der Waals surface area contributed by atoms with Gasteiger partial charge in [0, 0.05) is 24.8 Å². The molecule has 0 saturated carbocycles.